The number of rotatable bonds is 10. The van der Waals surface area contributed by atoms with Gasteiger partial charge in [0.25, 0.3) is 0 Å². The number of halogens is 1. The maximum atomic E-state index is 6.13. The number of anilines is 1. The van der Waals surface area contributed by atoms with Gasteiger partial charge in [-0.3, -0.25) is 0 Å². The quantitative estimate of drug-likeness (QED) is 0.596. The zero-order valence-electron chi connectivity index (χ0n) is 14.5. The molecule has 0 heterocycles. The molecule has 0 radical (unpaired) electrons. The normalized spacial score (nSPS) is 10.8. The van der Waals surface area contributed by atoms with Crippen LogP contribution in [0.25, 0.3) is 0 Å². The van der Waals surface area contributed by atoms with Crippen LogP contribution in [0.2, 0.25) is 5.02 Å². The third-order valence-electron chi connectivity index (χ3n) is 3.72. The first-order valence-electron chi connectivity index (χ1n) is 8.56. The summed E-state index contributed by atoms with van der Waals surface area (Å²) >= 11 is 6.13. The zero-order valence-corrected chi connectivity index (χ0v) is 15.3. The van der Waals surface area contributed by atoms with E-state index in [0.717, 1.165) is 54.7 Å². The number of hydrogen-bond donors (Lipinski definition) is 2. The molecule has 130 valence electrons. The summed E-state index contributed by atoms with van der Waals surface area (Å²) < 4.78 is 5.72. The third-order valence-corrected chi connectivity index (χ3v) is 4.09. The van der Waals surface area contributed by atoms with Gasteiger partial charge in [-0.25, -0.2) is 0 Å². The second kappa shape index (κ2) is 10.2. The molecule has 0 spiro atoms. The zero-order chi connectivity index (χ0) is 17.2. The van der Waals surface area contributed by atoms with Crippen molar-refractivity contribution in [3.8, 4) is 5.75 Å². The average molecular weight is 347 g/mol. The molecular formula is C20H27ClN2O. The van der Waals surface area contributed by atoms with E-state index in [0.29, 0.717) is 5.92 Å². The van der Waals surface area contributed by atoms with Crippen molar-refractivity contribution < 1.29 is 4.74 Å². The van der Waals surface area contributed by atoms with Crippen LogP contribution in [-0.2, 0) is 6.54 Å². The molecule has 0 amide bonds. The Balaban J connectivity index is 1.63. The third kappa shape index (κ3) is 6.81. The van der Waals surface area contributed by atoms with Crippen LogP contribution < -0.4 is 15.4 Å². The van der Waals surface area contributed by atoms with Crippen LogP contribution >= 0.6 is 11.6 Å². The molecule has 0 aliphatic heterocycles. The van der Waals surface area contributed by atoms with E-state index in [-0.39, 0.29) is 0 Å². The van der Waals surface area contributed by atoms with Crippen molar-refractivity contribution in [2.24, 2.45) is 5.92 Å². The minimum Gasteiger partial charge on any atom is -0.494 e. The van der Waals surface area contributed by atoms with Crippen LogP contribution in [0.4, 0.5) is 5.69 Å². The highest BCUT2D eigenvalue weighted by molar-refractivity contribution is 6.31. The maximum absolute atomic E-state index is 6.13. The average Bonchev–Trinajstić information content (AvgIpc) is 2.57. The predicted molar refractivity (Wildman–Crippen MR) is 103 cm³/mol. The van der Waals surface area contributed by atoms with Crippen molar-refractivity contribution in [2.45, 2.75) is 26.8 Å². The van der Waals surface area contributed by atoms with Crippen molar-refractivity contribution in [1.29, 1.82) is 0 Å². The lowest BCUT2D eigenvalue weighted by Gasteiger charge is -2.11. The monoisotopic (exact) mass is 346 g/mol. The fraction of sp³-hybridized carbons (Fsp3) is 0.400. The summed E-state index contributed by atoms with van der Waals surface area (Å²) in [4.78, 5) is 0. The second-order valence-electron chi connectivity index (χ2n) is 6.25. The lowest BCUT2D eigenvalue weighted by molar-refractivity contribution is 0.289. The van der Waals surface area contributed by atoms with Gasteiger partial charge in [0.2, 0.25) is 0 Å². The first-order valence-corrected chi connectivity index (χ1v) is 8.94. The van der Waals surface area contributed by atoms with E-state index in [1.165, 1.54) is 0 Å². The topological polar surface area (TPSA) is 33.3 Å². The standard InChI is InChI=1S/C20H27ClN2O/c1-16(2)11-14-24-19-9-7-18(8-10-19)23-13-12-22-15-17-5-3-4-6-20(17)21/h3-10,16,22-23H,11-15H2,1-2H3. The van der Waals surface area contributed by atoms with Gasteiger partial charge in [0.1, 0.15) is 5.75 Å². The highest BCUT2D eigenvalue weighted by Gasteiger charge is 1.99. The first-order chi connectivity index (χ1) is 11.6. The molecule has 2 aromatic rings. The highest BCUT2D eigenvalue weighted by atomic mass is 35.5. The minimum atomic E-state index is 0.671. The van der Waals surface area contributed by atoms with Crippen molar-refractivity contribution in [3.63, 3.8) is 0 Å². The van der Waals surface area contributed by atoms with E-state index in [1.54, 1.807) is 0 Å². The molecular weight excluding hydrogens is 320 g/mol. The Labute approximate surface area is 150 Å². The summed E-state index contributed by atoms with van der Waals surface area (Å²) in [7, 11) is 0. The van der Waals surface area contributed by atoms with Gasteiger partial charge >= 0.3 is 0 Å². The smallest absolute Gasteiger partial charge is 0.119 e. The van der Waals surface area contributed by atoms with Crippen LogP contribution in [-0.4, -0.2) is 19.7 Å². The number of hydrogen-bond acceptors (Lipinski definition) is 3. The lowest BCUT2D eigenvalue weighted by atomic mass is 10.1. The van der Waals surface area contributed by atoms with Gasteiger partial charge in [-0.15, -0.1) is 0 Å². The molecule has 2 N–H and O–H groups in total. The fourth-order valence-electron chi connectivity index (χ4n) is 2.24. The van der Waals surface area contributed by atoms with Crippen molar-refractivity contribution >= 4 is 17.3 Å². The molecule has 2 aromatic carbocycles. The van der Waals surface area contributed by atoms with Gasteiger partial charge in [0.15, 0.2) is 0 Å². The molecule has 0 aliphatic carbocycles. The van der Waals surface area contributed by atoms with Crippen LogP contribution in [0.3, 0.4) is 0 Å². The molecule has 0 aromatic heterocycles. The number of benzene rings is 2. The van der Waals surface area contributed by atoms with E-state index in [4.69, 9.17) is 16.3 Å². The summed E-state index contributed by atoms with van der Waals surface area (Å²) in [5.41, 5.74) is 2.23. The maximum Gasteiger partial charge on any atom is 0.119 e. The minimum absolute atomic E-state index is 0.671. The van der Waals surface area contributed by atoms with Crippen LogP contribution in [0.15, 0.2) is 48.5 Å². The molecule has 0 fully saturated rings. The molecule has 24 heavy (non-hydrogen) atoms. The van der Waals surface area contributed by atoms with Gasteiger partial charge in [-0.1, -0.05) is 43.6 Å². The largest absolute Gasteiger partial charge is 0.494 e. The molecule has 0 bridgehead atoms. The molecule has 0 aliphatic rings. The molecule has 0 saturated carbocycles. The SMILES string of the molecule is CC(C)CCOc1ccc(NCCNCc2ccccc2Cl)cc1. The molecule has 0 saturated heterocycles. The van der Waals surface area contributed by atoms with Gasteiger partial charge in [0, 0.05) is 30.3 Å². The lowest BCUT2D eigenvalue weighted by Crippen LogP contribution is -2.21. The fourth-order valence-corrected chi connectivity index (χ4v) is 2.44. The summed E-state index contributed by atoms with van der Waals surface area (Å²) in [6, 6.07) is 16.1. The van der Waals surface area contributed by atoms with Crippen LogP contribution in [0.5, 0.6) is 5.75 Å². The second-order valence-corrected chi connectivity index (χ2v) is 6.66. The van der Waals surface area contributed by atoms with Crippen LogP contribution in [0, 0.1) is 5.92 Å². The molecule has 0 unspecified atom stereocenters. The molecule has 2 rings (SSSR count). The van der Waals surface area contributed by atoms with Crippen molar-refractivity contribution in [1.82, 2.24) is 5.32 Å². The van der Waals surface area contributed by atoms with E-state index >= 15 is 0 Å². The van der Waals surface area contributed by atoms with Gasteiger partial charge in [-0.05, 0) is 48.2 Å². The van der Waals surface area contributed by atoms with E-state index in [9.17, 15) is 0 Å². The van der Waals surface area contributed by atoms with Crippen LogP contribution in [0.1, 0.15) is 25.8 Å². The summed E-state index contributed by atoms with van der Waals surface area (Å²) in [5.74, 6) is 1.60. The van der Waals surface area contributed by atoms with Gasteiger partial charge in [0.05, 0.1) is 6.61 Å². The molecule has 3 nitrogen and oxygen atoms in total. The van der Waals surface area contributed by atoms with Crippen molar-refractivity contribution in [3.05, 3.63) is 59.1 Å². The Hall–Kier alpha value is -1.71. The Morgan fingerprint density at radius 2 is 1.75 bits per heavy atom. The predicted octanol–water partition coefficient (Wildman–Crippen LogP) is 4.97. The highest BCUT2D eigenvalue weighted by Crippen LogP contribution is 2.16. The Morgan fingerprint density at radius 1 is 1.00 bits per heavy atom. The molecule has 0 atom stereocenters. The Kier molecular flexibility index (Phi) is 7.93. The summed E-state index contributed by atoms with van der Waals surface area (Å²) in [5, 5.41) is 7.60. The van der Waals surface area contributed by atoms with E-state index in [1.807, 2.05) is 36.4 Å². The van der Waals surface area contributed by atoms with Crippen molar-refractivity contribution in [2.75, 3.05) is 25.0 Å². The molecule has 4 heteroatoms. The number of nitrogens with one attached hydrogen (secondary N) is 2. The Morgan fingerprint density at radius 3 is 2.46 bits per heavy atom. The van der Waals surface area contributed by atoms with Gasteiger partial charge in [-0.2, -0.15) is 0 Å². The number of ether oxygens (including phenoxy) is 1. The first kappa shape index (κ1) is 18.6. The van der Waals surface area contributed by atoms with E-state index in [2.05, 4.69) is 36.6 Å². The summed E-state index contributed by atoms with van der Waals surface area (Å²) in [6.45, 7) is 7.70. The Bertz CT molecular complexity index is 599. The van der Waals surface area contributed by atoms with E-state index < -0.39 is 0 Å². The van der Waals surface area contributed by atoms with Gasteiger partial charge < -0.3 is 15.4 Å². The summed E-state index contributed by atoms with van der Waals surface area (Å²) in [6.07, 6.45) is 1.08.